The molecule has 0 spiro atoms. The summed E-state index contributed by atoms with van der Waals surface area (Å²) >= 11 is 0. The van der Waals surface area contributed by atoms with E-state index >= 15 is 0 Å². The molecule has 0 bridgehead atoms. The van der Waals surface area contributed by atoms with Crippen molar-refractivity contribution in [1.29, 1.82) is 0 Å². The number of nitrogens with zero attached hydrogens (tertiary/aromatic N) is 1. The van der Waals surface area contributed by atoms with E-state index in [2.05, 4.69) is 15.6 Å². The van der Waals surface area contributed by atoms with Gasteiger partial charge in [0.25, 0.3) is 5.91 Å². The maximum Gasteiger partial charge on any atom is 0.288 e. The van der Waals surface area contributed by atoms with Crippen molar-refractivity contribution in [2.45, 2.75) is 32.2 Å². The number of amides is 1. The molecule has 2 heterocycles. The highest BCUT2D eigenvalue weighted by Gasteiger charge is 2.16. The Balaban J connectivity index is 1.73. The first-order valence-electron chi connectivity index (χ1n) is 5.69. The molecule has 1 amide bonds. The van der Waals surface area contributed by atoms with E-state index in [0.29, 0.717) is 24.0 Å². The summed E-state index contributed by atoms with van der Waals surface area (Å²) in [5.41, 5.74) is 0.636. The first-order chi connectivity index (χ1) is 7.77. The van der Waals surface area contributed by atoms with Crippen molar-refractivity contribution in [3.05, 3.63) is 17.8 Å². The number of hydrogen-bond donors (Lipinski definition) is 2. The van der Waals surface area contributed by atoms with Gasteiger partial charge in [-0.1, -0.05) is 0 Å². The topological polar surface area (TPSA) is 67.2 Å². The van der Waals surface area contributed by atoms with E-state index in [4.69, 9.17) is 4.42 Å². The molecule has 1 saturated heterocycles. The Bertz CT molecular complexity index is 356. The quantitative estimate of drug-likeness (QED) is 0.794. The summed E-state index contributed by atoms with van der Waals surface area (Å²) in [7, 11) is 0. The predicted octanol–water partition coefficient (Wildman–Crippen LogP) is 0.855. The molecular weight excluding hydrogens is 206 g/mol. The molecule has 1 fully saturated rings. The fourth-order valence-electron chi connectivity index (χ4n) is 1.96. The van der Waals surface area contributed by atoms with Crippen LogP contribution in [0.3, 0.4) is 0 Å². The lowest BCUT2D eigenvalue weighted by atomic mass is 10.1. The average Bonchev–Trinajstić information content (AvgIpc) is 2.88. The molecule has 1 atom stereocenters. The van der Waals surface area contributed by atoms with Gasteiger partial charge in [0, 0.05) is 12.6 Å². The number of carbonyl (C=O) groups is 1. The standard InChI is InChI=1S/C11H17N3O2/c1-8-10(16-7-14-8)11(15)13-6-4-9-3-2-5-12-9/h7,9,12H,2-6H2,1H3,(H,13,15)/t9-/m1/s1. The van der Waals surface area contributed by atoms with E-state index in [-0.39, 0.29) is 5.91 Å². The lowest BCUT2D eigenvalue weighted by Crippen LogP contribution is -2.30. The van der Waals surface area contributed by atoms with Crippen molar-refractivity contribution in [3.8, 4) is 0 Å². The van der Waals surface area contributed by atoms with Crippen molar-refractivity contribution < 1.29 is 9.21 Å². The zero-order chi connectivity index (χ0) is 11.4. The molecule has 5 nitrogen and oxygen atoms in total. The van der Waals surface area contributed by atoms with Crippen LogP contribution < -0.4 is 10.6 Å². The fraction of sp³-hybridized carbons (Fsp3) is 0.636. The summed E-state index contributed by atoms with van der Waals surface area (Å²) in [6.45, 7) is 3.54. The Morgan fingerprint density at radius 3 is 3.25 bits per heavy atom. The number of oxazole rings is 1. The first-order valence-corrected chi connectivity index (χ1v) is 5.69. The van der Waals surface area contributed by atoms with Crippen LogP contribution in [0.4, 0.5) is 0 Å². The minimum Gasteiger partial charge on any atom is -0.438 e. The highest BCUT2D eigenvalue weighted by molar-refractivity contribution is 5.92. The van der Waals surface area contributed by atoms with Crippen molar-refractivity contribution in [2.75, 3.05) is 13.1 Å². The highest BCUT2D eigenvalue weighted by atomic mass is 16.3. The molecule has 0 unspecified atom stereocenters. The van der Waals surface area contributed by atoms with E-state index < -0.39 is 0 Å². The normalized spacial score (nSPS) is 19.9. The highest BCUT2D eigenvalue weighted by Crippen LogP contribution is 2.08. The van der Waals surface area contributed by atoms with Crippen LogP contribution in [0.1, 0.15) is 35.5 Å². The molecular formula is C11H17N3O2. The molecule has 88 valence electrons. The number of hydrogen-bond acceptors (Lipinski definition) is 4. The number of aryl methyl sites for hydroxylation is 1. The Morgan fingerprint density at radius 1 is 1.75 bits per heavy atom. The van der Waals surface area contributed by atoms with Gasteiger partial charge in [-0.2, -0.15) is 0 Å². The van der Waals surface area contributed by atoms with Crippen molar-refractivity contribution >= 4 is 5.91 Å². The summed E-state index contributed by atoms with van der Waals surface area (Å²) in [6, 6.07) is 0.552. The van der Waals surface area contributed by atoms with Gasteiger partial charge in [0.2, 0.25) is 5.76 Å². The molecule has 1 aromatic rings. The number of aromatic nitrogens is 1. The minimum absolute atomic E-state index is 0.173. The second-order valence-electron chi connectivity index (χ2n) is 4.10. The van der Waals surface area contributed by atoms with E-state index in [0.717, 1.165) is 13.0 Å². The van der Waals surface area contributed by atoms with Gasteiger partial charge in [-0.05, 0) is 32.7 Å². The minimum atomic E-state index is -0.173. The van der Waals surface area contributed by atoms with Crippen molar-refractivity contribution in [1.82, 2.24) is 15.6 Å². The maximum absolute atomic E-state index is 11.6. The van der Waals surface area contributed by atoms with Gasteiger partial charge >= 0.3 is 0 Å². The Hall–Kier alpha value is -1.36. The molecule has 1 aliphatic heterocycles. The molecule has 2 rings (SSSR count). The number of carbonyl (C=O) groups excluding carboxylic acids is 1. The lowest BCUT2D eigenvalue weighted by molar-refractivity contribution is 0.0924. The third-order valence-electron chi connectivity index (χ3n) is 2.89. The fourth-order valence-corrected chi connectivity index (χ4v) is 1.96. The molecule has 1 aliphatic rings. The molecule has 5 heteroatoms. The molecule has 0 aromatic carbocycles. The monoisotopic (exact) mass is 223 g/mol. The molecule has 2 N–H and O–H groups in total. The van der Waals surface area contributed by atoms with Gasteiger partial charge in [0.15, 0.2) is 6.39 Å². The van der Waals surface area contributed by atoms with Gasteiger partial charge in [0.1, 0.15) is 0 Å². The van der Waals surface area contributed by atoms with Crippen LogP contribution in [-0.4, -0.2) is 30.0 Å². The maximum atomic E-state index is 11.6. The smallest absolute Gasteiger partial charge is 0.288 e. The molecule has 0 radical (unpaired) electrons. The van der Waals surface area contributed by atoms with Crippen LogP contribution in [0, 0.1) is 6.92 Å². The predicted molar refractivity (Wildman–Crippen MR) is 59.2 cm³/mol. The second-order valence-corrected chi connectivity index (χ2v) is 4.10. The van der Waals surface area contributed by atoms with Crippen LogP contribution in [0.25, 0.3) is 0 Å². The summed E-state index contributed by atoms with van der Waals surface area (Å²) < 4.78 is 5.01. The van der Waals surface area contributed by atoms with Crippen LogP contribution in [0.5, 0.6) is 0 Å². The Labute approximate surface area is 94.6 Å². The largest absolute Gasteiger partial charge is 0.438 e. The van der Waals surface area contributed by atoms with Crippen LogP contribution in [0.2, 0.25) is 0 Å². The van der Waals surface area contributed by atoms with Gasteiger partial charge in [-0.15, -0.1) is 0 Å². The summed E-state index contributed by atoms with van der Waals surface area (Å²) in [5.74, 6) is 0.146. The molecule has 16 heavy (non-hydrogen) atoms. The van der Waals surface area contributed by atoms with Gasteiger partial charge in [-0.25, -0.2) is 4.98 Å². The molecule has 1 aromatic heterocycles. The lowest BCUT2D eigenvalue weighted by Gasteiger charge is -2.09. The van der Waals surface area contributed by atoms with E-state index in [9.17, 15) is 4.79 Å². The average molecular weight is 223 g/mol. The van der Waals surface area contributed by atoms with Crippen LogP contribution >= 0.6 is 0 Å². The third kappa shape index (κ3) is 2.61. The van der Waals surface area contributed by atoms with E-state index in [1.807, 2.05) is 0 Å². The van der Waals surface area contributed by atoms with Crippen LogP contribution in [0.15, 0.2) is 10.8 Å². The van der Waals surface area contributed by atoms with E-state index in [1.165, 1.54) is 19.2 Å². The van der Waals surface area contributed by atoms with Gasteiger partial charge in [-0.3, -0.25) is 4.79 Å². The SMILES string of the molecule is Cc1ncoc1C(=O)NCC[C@H]1CCCN1. The zero-order valence-electron chi connectivity index (χ0n) is 9.45. The molecule has 0 aliphatic carbocycles. The first kappa shape index (κ1) is 11.1. The van der Waals surface area contributed by atoms with E-state index in [1.54, 1.807) is 6.92 Å². The van der Waals surface area contributed by atoms with Gasteiger partial charge < -0.3 is 15.1 Å². The second kappa shape index (κ2) is 5.12. The van der Waals surface area contributed by atoms with Crippen LogP contribution in [-0.2, 0) is 0 Å². The van der Waals surface area contributed by atoms with Crippen molar-refractivity contribution in [3.63, 3.8) is 0 Å². The number of rotatable bonds is 4. The van der Waals surface area contributed by atoms with Crippen molar-refractivity contribution in [2.24, 2.45) is 0 Å². The third-order valence-corrected chi connectivity index (χ3v) is 2.89. The van der Waals surface area contributed by atoms with Gasteiger partial charge in [0.05, 0.1) is 5.69 Å². The number of nitrogens with one attached hydrogen (secondary N) is 2. The summed E-state index contributed by atoms with van der Waals surface area (Å²) in [4.78, 5) is 15.5. The summed E-state index contributed by atoms with van der Waals surface area (Å²) in [6.07, 6.45) is 4.71. The Morgan fingerprint density at radius 2 is 2.62 bits per heavy atom. The molecule has 0 saturated carbocycles. The zero-order valence-corrected chi connectivity index (χ0v) is 9.45. The Kier molecular flexibility index (Phi) is 3.56. The summed E-state index contributed by atoms with van der Waals surface area (Å²) in [5, 5.41) is 6.23.